The molecule has 2 heteroatoms. The van der Waals surface area contributed by atoms with Crippen molar-refractivity contribution in [3.8, 4) is 0 Å². The van der Waals surface area contributed by atoms with Crippen LogP contribution in [0, 0.1) is 0 Å². The van der Waals surface area contributed by atoms with Gasteiger partial charge in [0.2, 0.25) is 0 Å². The van der Waals surface area contributed by atoms with Gasteiger partial charge in [-0.15, -0.1) is 0 Å². The van der Waals surface area contributed by atoms with Crippen molar-refractivity contribution >= 4 is 17.3 Å². The number of hydrogen-bond donors (Lipinski definition) is 0. The van der Waals surface area contributed by atoms with Gasteiger partial charge in [0.05, 0.1) is 5.55 Å². The van der Waals surface area contributed by atoms with Gasteiger partial charge in [0.15, 0.2) is 0 Å². The lowest BCUT2D eigenvalue weighted by Crippen LogP contribution is -1.70. The lowest BCUT2D eigenvalue weighted by Gasteiger charge is -1.90. The summed E-state index contributed by atoms with van der Waals surface area (Å²) < 4.78 is 0. The van der Waals surface area contributed by atoms with Crippen LogP contribution < -0.4 is 0 Å². The number of aliphatic imine (C=N–C) groups is 1. The van der Waals surface area contributed by atoms with Gasteiger partial charge in [-0.05, 0) is 25.7 Å². The maximum absolute atomic E-state index is 4.09. The minimum atomic E-state index is 0.865. The summed E-state index contributed by atoms with van der Waals surface area (Å²) in [6, 6.07) is 0. The van der Waals surface area contributed by atoms with Crippen molar-refractivity contribution in [2.45, 2.75) is 20.8 Å². The van der Waals surface area contributed by atoms with Crippen LogP contribution in [0.1, 0.15) is 20.8 Å². The number of allylic oxidation sites excluding steroid dienone is 4. The summed E-state index contributed by atoms with van der Waals surface area (Å²) in [5, 5.41) is 0. The van der Waals surface area contributed by atoms with E-state index >= 15 is 0 Å². The zero-order chi connectivity index (χ0) is 8.53. The van der Waals surface area contributed by atoms with Gasteiger partial charge in [0.1, 0.15) is 0 Å². The van der Waals surface area contributed by atoms with Crippen molar-refractivity contribution < 1.29 is 0 Å². The molecule has 0 spiro atoms. The van der Waals surface area contributed by atoms with E-state index in [2.05, 4.69) is 18.0 Å². The van der Waals surface area contributed by atoms with E-state index < -0.39 is 0 Å². The quantitative estimate of drug-likeness (QED) is 0.357. The van der Waals surface area contributed by atoms with Crippen LogP contribution in [0.3, 0.4) is 0 Å². The second kappa shape index (κ2) is 7.61. The van der Waals surface area contributed by atoms with Crippen LogP contribution in [0.5, 0.6) is 0 Å². The molecule has 11 heavy (non-hydrogen) atoms. The summed E-state index contributed by atoms with van der Waals surface area (Å²) in [7, 11) is 0. The fourth-order valence-corrected chi connectivity index (χ4v) is 1.01. The van der Waals surface area contributed by atoms with Crippen molar-refractivity contribution in [3.05, 3.63) is 23.1 Å². The second-order valence-electron chi connectivity index (χ2n) is 2.03. The topological polar surface area (TPSA) is 12.4 Å². The molecule has 0 unspecified atom stereocenters. The van der Waals surface area contributed by atoms with E-state index in [1.807, 2.05) is 31.5 Å². The first-order valence-electron chi connectivity index (χ1n) is 3.75. The number of thioether (sulfide) groups is 1. The van der Waals surface area contributed by atoms with Gasteiger partial charge in [-0.1, -0.05) is 30.0 Å². The second-order valence-corrected chi connectivity index (χ2v) is 3.12. The Bertz CT molecular complexity index is 168. The molecule has 0 saturated heterocycles. The summed E-state index contributed by atoms with van der Waals surface area (Å²) in [5.74, 6) is 0. The Morgan fingerprint density at radius 2 is 2.27 bits per heavy atom. The summed E-state index contributed by atoms with van der Waals surface area (Å²) in [6.07, 6.45) is 6.12. The number of hydrogen-bond acceptors (Lipinski definition) is 2. The molecule has 0 atom stereocenters. The van der Waals surface area contributed by atoms with Gasteiger partial charge in [-0.25, -0.2) is 0 Å². The van der Waals surface area contributed by atoms with Gasteiger partial charge >= 0.3 is 0 Å². The molecule has 62 valence electrons. The monoisotopic (exact) mass is 169 g/mol. The molecular formula is C9H15NS. The molecule has 0 aliphatic rings. The third-order valence-corrected chi connectivity index (χ3v) is 1.78. The molecule has 0 fully saturated rings. The Balaban J connectivity index is 3.67. The number of nitrogens with zero attached hydrogens (tertiary/aromatic N) is 1. The van der Waals surface area contributed by atoms with Crippen LogP contribution in [-0.4, -0.2) is 12.1 Å². The van der Waals surface area contributed by atoms with E-state index in [-0.39, 0.29) is 0 Å². The zero-order valence-electron chi connectivity index (χ0n) is 7.37. The highest BCUT2D eigenvalue weighted by Gasteiger charge is 1.81. The van der Waals surface area contributed by atoms with Gasteiger partial charge < -0.3 is 0 Å². The largest absolute Gasteiger partial charge is 0.286 e. The summed E-state index contributed by atoms with van der Waals surface area (Å²) in [5.41, 5.74) is 1.88. The molecule has 0 aromatic carbocycles. The molecule has 0 aromatic heterocycles. The molecule has 0 rings (SSSR count). The van der Waals surface area contributed by atoms with Gasteiger partial charge in [0.25, 0.3) is 0 Å². The molecule has 0 aromatic rings. The van der Waals surface area contributed by atoms with Crippen molar-refractivity contribution in [2.24, 2.45) is 4.99 Å². The Morgan fingerprint density at radius 1 is 1.55 bits per heavy atom. The van der Waals surface area contributed by atoms with Crippen molar-refractivity contribution in [2.75, 3.05) is 6.54 Å². The Kier molecular flexibility index (Phi) is 7.26. The molecule has 1 nitrogen and oxygen atoms in total. The van der Waals surface area contributed by atoms with Crippen molar-refractivity contribution in [3.63, 3.8) is 0 Å². The van der Waals surface area contributed by atoms with Crippen LogP contribution in [-0.2, 0) is 0 Å². The molecule has 0 bridgehead atoms. The number of rotatable bonds is 4. The van der Waals surface area contributed by atoms with Crippen molar-refractivity contribution in [1.29, 1.82) is 0 Å². The highest BCUT2D eigenvalue weighted by molar-refractivity contribution is 8.15. The highest BCUT2D eigenvalue weighted by Crippen LogP contribution is 2.10. The molecule has 0 saturated carbocycles. The minimum Gasteiger partial charge on any atom is -0.286 e. The molecule has 0 heterocycles. The van der Waals surface area contributed by atoms with E-state index in [1.54, 1.807) is 11.8 Å². The third-order valence-electron chi connectivity index (χ3n) is 1.02. The third kappa shape index (κ3) is 7.40. The van der Waals surface area contributed by atoms with Gasteiger partial charge in [0, 0.05) is 6.54 Å². The van der Waals surface area contributed by atoms with E-state index in [0.717, 1.165) is 6.54 Å². The predicted molar refractivity (Wildman–Crippen MR) is 55.2 cm³/mol. The molecule has 0 radical (unpaired) electrons. The lowest BCUT2D eigenvalue weighted by molar-refractivity contribution is 1.15. The predicted octanol–water partition coefficient (Wildman–Crippen LogP) is 3.25. The average Bonchev–Trinajstić information content (AvgIpc) is 2.01. The minimum absolute atomic E-state index is 0.865. The average molecular weight is 169 g/mol. The summed E-state index contributed by atoms with van der Waals surface area (Å²) in [4.78, 5) is 5.36. The van der Waals surface area contributed by atoms with E-state index in [0.29, 0.717) is 0 Å². The van der Waals surface area contributed by atoms with E-state index in [4.69, 9.17) is 0 Å². The smallest absolute Gasteiger partial charge is 0.0585 e. The first kappa shape index (κ1) is 10.5. The van der Waals surface area contributed by atoms with E-state index in [9.17, 15) is 0 Å². The fourth-order valence-electron chi connectivity index (χ4n) is 0.466. The Morgan fingerprint density at radius 3 is 2.82 bits per heavy atom. The molecule has 0 amide bonds. The fraction of sp³-hybridized carbons (Fsp3) is 0.444. The Hall–Kier alpha value is -0.500. The maximum Gasteiger partial charge on any atom is 0.0585 e. The molecule has 0 N–H and O–H groups in total. The first-order chi connectivity index (χ1) is 5.31. The SMILES string of the molecule is C/C=C\C=C(/C)S/C=N\CC. The van der Waals surface area contributed by atoms with Crippen LogP contribution in [0.4, 0.5) is 0 Å². The zero-order valence-corrected chi connectivity index (χ0v) is 8.19. The lowest BCUT2D eigenvalue weighted by atomic mass is 10.5. The van der Waals surface area contributed by atoms with Gasteiger partial charge in [-0.2, -0.15) is 0 Å². The molecule has 0 aliphatic carbocycles. The normalized spacial score (nSPS) is 13.5. The van der Waals surface area contributed by atoms with Crippen LogP contribution in [0.2, 0.25) is 0 Å². The van der Waals surface area contributed by atoms with Crippen LogP contribution >= 0.6 is 11.8 Å². The summed E-state index contributed by atoms with van der Waals surface area (Å²) >= 11 is 1.66. The molecular weight excluding hydrogens is 154 g/mol. The summed E-state index contributed by atoms with van der Waals surface area (Å²) in [6.45, 7) is 6.98. The van der Waals surface area contributed by atoms with Crippen molar-refractivity contribution in [1.82, 2.24) is 0 Å². The van der Waals surface area contributed by atoms with E-state index in [1.165, 1.54) is 4.91 Å². The highest BCUT2D eigenvalue weighted by atomic mass is 32.2. The van der Waals surface area contributed by atoms with Gasteiger partial charge in [-0.3, -0.25) is 4.99 Å². The van der Waals surface area contributed by atoms with Crippen LogP contribution in [0.25, 0.3) is 0 Å². The first-order valence-corrected chi connectivity index (χ1v) is 4.63. The Labute approximate surface area is 73.3 Å². The maximum atomic E-state index is 4.09. The standard InChI is InChI=1S/C9H15NS/c1-4-6-7-9(3)11-8-10-5-2/h4,6-8H,5H2,1-3H3/b6-4-,9-7+,10-8-. The van der Waals surface area contributed by atoms with Crippen LogP contribution in [0.15, 0.2) is 28.1 Å². The molecule has 0 aliphatic heterocycles.